The number of amides is 1. The minimum absolute atomic E-state index is 0.0932. The van der Waals surface area contributed by atoms with E-state index in [4.69, 9.17) is 18.9 Å². The van der Waals surface area contributed by atoms with E-state index in [-0.39, 0.29) is 30.9 Å². The zero-order chi connectivity index (χ0) is 28.2. The highest BCUT2D eigenvalue weighted by atomic mass is 19.4. The molecule has 1 aromatic heterocycles. The second-order valence-corrected chi connectivity index (χ2v) is 10.6. The maximum Gasteiger partial charge on any atom is 0.435 e. The standard InChI is InChI=1S/C28H29F3N4O5/c1-27(2)39-15-20(40-27)13-34-10-9-22-21(14-34)25(28(29,30)31)32-35(22)19-6-4-5-17(11-19)26(36)33(3)18-7-8-23-24(12-18)38-16-37-23/h4-8,11-12,20H,9-10,13-16H2,1-3H3/t20-/m0/s1. The number of rotatable bonds is 5. The van der Waals surface area contributed by atoms with Gasteiger partial charge in [-0.25, -0.2) is 4.68 Å². The quantitative estimate of drug-likeness (QED) is 0.459. The van der Waals surface area contributed by atoms with Crippen molar-refractivity contribution in [1.82, 2.24) is 14.7 Å². The number of nitrogens with zero attached hydrogens (tertiary/aromatic N) is 4. The summed E-state index contributed by atoms with van der Waals surface area (Å²) in [4.78, 5) is 16.7. The molecule has 1 amide bonds. The number of anilines is 1. The molecule has 9 nitrogen and oxygen atoms in total. The molecule has 0 N–H and O–H groups in total. The van der Waals surface area contributed by atoms with E-state index in [1.54, 1.807) is 49.5 Å². The summed E-state index contributed by atoms with van der Waals surface area (Å²) in [5.74, 6) is 0.110. The highest BCUT2D eigenvalue weighted by Gasteiger charge is 2.42. The van der Waals surface area contributed by atoms with Crippen molar-refractivity contribution in [3.8, 4) is 17.2 Å². The van der Waals surface area contributed by atoms with Crippen molar-refractivity contribution in [2.75, 3.05) is 38.4 Å². The van der Waals surface area contributed by atoms with Crippen LogP contribution in [0.1, 0.15) is 41.2 Å². The van der Waals surface area contributed by atoms with Crippen LogP contribution >= 0.6 is 0 Å². The Labute approximate surface area is 229 Å². The molecule has 12 heteroatoms. The van der Waals surface area contributed by atoms with Crippen molar-refractivity contribution in [3.63, 3.8) is 0 Å². The number of ether oxygens (including phenoxy) is 4. The van der Waals surface area contributed by atoms with E-state index in [9.17, 15) is 18.0 Å². The highest BCUT2D eigenvalue weighted by Crippen LogP contribution is 2.38. The Morgan fingerprint density at radius 1 is 1.15 bits per heavy atom. The molecule has 3 aromatic rings. The van der Waals surface area contributed by atoms with Gasteiger partial charge in [-0.1, -0.05) is 6.07 Å². The highest BCUT2D eigenvalue weighted by molar-refractivity contribution is 6.06. The largest absolute Gasteiger partial charge is 0.454 e. The molecule has 0 radical (unpaired) electrons. The van der Waals surface area contributed by atoms with Gasteiger partial charge in [-0.2, -0.15) is 18.3 Å². The molecule has 3 aliphatic heterocycles. The van der Waals surface area contributed by atoms with Crippen LogP contribution in [0.15, 0.2) is 42.5 Å². The van der Waals surface area contributed by atoms with Gasteiger partial charge in [0.25, 0.3) is 5.91 Å². The van der Waals surface area contributed by atoms with Gasteiger partial charge in [0, 0.05) is 56.0 Å². The third-order valence-electron chi connectivity index (χ3n) is 7.32. The SMILES string of the molecule is CN(C(=O)c1cccc(-n2nc(C(F)(F)F)c3c2CCN(C[C@H]2COC(C)(C)O2)C3)c1)c1ccc2c(c1)OCO2. The Morgan fingerprint density at radius 3 is 2.70 bits per heavy atom. The molecule has 6 rings (SSSR count). The summed E-state index contributed by atoms with van der Waals surface area (Å²) in [6.07, 6.45) is -4.48. The third-order valence-corrected chi connectivity index (χ3v) is 7.32. The molecule has 1 atom stereocenters. The first-order valence-corrected chi connectivity index (χ1v) is 13.0. The van der Waals surface area contributed by atoms with Gasteiger partial charge < -0.3 is 23.8 Å². The molecule has 0 spiro atoms. The summed E-state index contributed by atoms with van der Waals surface area (Å²) in [6.45, 7) is 5.24. The van der Waals surface area contributed by atoms with Crippen LogP contribution in [0.2, 0.25) is 0 Å². The zero-order valence-corrected chi connectivity index (χ0v) is 22.3. The normalized spacial score (nSPS) is 20.0. The molecule has 2 aromatic carbocycles. The summed E-state index contributed by atoms with van der Waals surface area (Å²) in [7, 11) is 1.62. The van der Waals surface area contributed by atoms with E-state index in [1.807, 2.05) is 18.7 Å². The molecule has 40 heavy (non-hydrogen) atoms. The van der Waals surface area contributed by atoms with Crippen molar-refractivity contribution in [3.05, 3.63) is 65.0 Å². The smallest absolute Gasteiger partial charge is 0.435 e. The van der Waals surface area contributed by atoms with E-state index in [0.29, 0.717) is 60.2 Å². The van der Waals surface area contributed by atoms with Crippen LogP contribution in [0.5, 0.6) is 11.5 Å². The molecule has 212 valence electrons. The number of benzene rings is 2. The number of halogens is 3. The van der Waals surface area contributed by atoms with Crippen LogP contribution in [0.25, 0.3) is 5.69 Å². The molecule has 0 aliphatic carbocycles. The molecule has 3 aliphatic rings. The van der Waals surface area contributed by atoms with Crippen LogP contribution in [-0.2, 0) is 28.6 Å². The van der Waals surface area contributed by atoms with E-state index < -0.39 is 17.7 Å². The van der Waals surface area contributed by atoms with Crippen LogP contribution in [0.4, 0.5) is 18.9 Å². The fourth-order valence-electron chi connectivity index (χ4n) is 5.39. The van der Waals surface area contributed by atoms with Crippen molar-refractivity contribution in [1.29, 1.82) is 0 Å². The number of hydrogen-bond acceptors (Lipinski definition) is 7. The van der Waals surface area contributed by atoms with E-state index in [0.717, 1.165) is 0 Å². The van der Waals surface area contributed by atoms with E-state index in [2.05, 4.69) is 5.10 Å². The van der Waals surface area contributed by atoms with Crippen molar-refractivity contribution >= 4 is 11.6 Å². The average molecular weight is 559 g/mol. The molecule has 1 saturated heterocycles. The molecule has 4 heterocycles. The lowest BCUT2D eigenvalue weighted by molar-refractivity contribution is -0.142. The second-order valence-electron chi connectivity index (χ2n) is 10.6. The molecular weight excluding hydrogens is 529 g/mol. The maximum atomic E-state index is 14.1. The second kappa shape index (κ2) is 9.79. The Bertz CT molecular complexity index is 1450. The van der Waals surface area contributed by atoms with E-state index in [1.165, 1.54) is 9.58 Å². The number of hydrogen-bond donors (Lipinski definition) is 0. The van der Waals surface area contributed by atoms with Crippen LogP contribution in [-0.4, -0.2) is 66.0 Å². The monoisotopic (exact) mass is 558 g/mol. The van der Waals surface area contributed by atoms with Crippen molar-refractivity contribution in [2.45, 2.75) is 44.9 Å². The van der Waals surface area contributed by atoms with Gasteiger partial charge in [-0.3, -0.25) is 9.69 Å². The summed E-state index contributed by atoms with van der Waals surface area (Å²) >= 11 is 0. The molecule has 0 unspecified atom stereocenters. The van der Waals surface area contributed by atoms with Gasteiger partial charge in [-0.15, -0.1) is 0 Å². The lowest BCUT2D eigenvalue weighted by Crippen LogP contribution is -2.38. The van der Waals surface area contributed by atoms with Crippen LogP contribution < -0.4 is 14.4 Å². The van der Waals surface area contributed by atoms with Crippen LogP contribution in [0.3, 0.4) is 0 Å². The maximum absolute atomic E-state index is 14.1. The predicted octanol–water partition coefficient (Wildman–Crippen LogP) is 4.41. The number of fused-ring (bicyclic) bond motifs is 2. The summed E-state index contributed by atoms with van der Waals surface area (Å²) in [6, 6.07) is 11.7. The minimum Gasteiger partial charge on any atom is -0.454 e. The van der Waals surface area contributed by atoms with Crippen molar-refractivity contribution < 1.29 is 36.9 Å². The van der Waals surface area contributed by atoms with E-state index >= 15 is 0 Å². The lowest BCUT2D eigenvalue weighted by atomic mass is 10.0. The minimum atomic E-state index is -4.62. The summed E-state index contributed by atoms with van der Waals surface area (Å²) in [5, 5.41) is 4.02. The molecule has 0 bridgehead atoms. The molecule has 0 saturated carbocycles. The van der Waals surface area contributed by atoms with Crippen LogP contribution in [0, 0.1) is 0 Å². The van der Waals surface area contributed by atoms with Gasteiger partial charge in [0.2, 0.25) is 6.79 Å². The van der Waals surface area contributed by atoms with Gasteiger partial charge in [0.1, 0.15) is 0 Å². The average Bonchev–Trinajstić information content (AvgIpc) is 3.63. The first-order chi connectivity index (χ1) is 19.0. The van der Waals surface area contributed by atoms with Gasteiger partial charge in [0.05, 0.1) is 24.1 Å². The lowest BCUT2D eigenvalue weighted by Gasteiger charge is -2.30. The van der Waals surface area contributed by atoms with Gasteiger partial charge in [0.15, 0.2) is 23.0 Å². The summed E-state index contributed by atoms with van der Waals surface area (Å²) < 4.78 is 65.9. The first-order valence-electron chi connectivity index (χ1n) is 13.0. The fraction of sp³-hybridized carbons (Fsp3) is 0.429. The molecule has 1 fully saturated rings. The molecular formula is C28H29F3N4O5. The predicted molar refractivity (Wildman–Crippen MR) is 138 cm³/mol. The first kappa shape index (κ1) is 26.6. The topological polar surface area (TPSA) is 78.3 Å². The Hall–Kier alpha value is -3.61. The summed E-state index contributed by atoms with van der Waals surface area (Å²) in [5.41, 5.74) is 1.02. The third kappa shape index (κ3) is 5.02. The number of alkyl halides is 3. The number of carbonyl (C=O) groups excluding carboxylic acids is 1. The Balaban J connectivity index is 1.27. The van der Waals surface area contributed by atoms with Crippen molar-refractivity contribution in [2.24, 2.45) is 0 Å². The number of carbonyl (C=O) groups is 1. The Morgan fingerprint density at radius 2 is 1.95 bits per heavy atom. The number of aromatic nitrogens is 2. The Kier molecular flexibility index (Phi) is 6.51. The fourth-order valence-corrected chi connectivity index (χ4v) is 5.39. The zero-order valence-electron chi connectivity index (χ0n) is 22.3. The van der Waals surface area contributed by atoms with Gasteiger partial charge >= 0.3 is 6.18 Å². The van der Waals surface area contributed by atoms with Gasteiger partial charge in [-0.05, 0) is 44.2 Å².